The maximum atomic E-state index is 11.4. The molecule has 0 saturated carbocycles. The largest absolute Gasteiger partial charge is 0.344 e. The van der Waals surface area contributed by atoms with E-state index < -0.39 is 11.8 Å². The molecule has 2 N–H and O–H groups in total. The Morgan fingerprint density at radius 3 is 2.62 bits per heavy atom. The third kappa shape index (κ3) is 3.51. The van der Waals surface area contributed by atoms with Gasteiger partial charge < -0.3 is 10.6 Å². The predicted octanol–water partition coefficient (Wildman–Crippen LogP) is 1.69. The highest BCUT2D eigenvalue weighted by atomic mass is 79.9. The third-order valence-corrected chi connectivity index (χ3v) is 2.43. The van der Waals surface area contributed by atoms with Gasteiger partial charge in [-0.1, -0.05) is 18.2 Å². The Bertz CT molecular complexity index is 418. The van der Waals surface area contributed by atoms with Crippen LogP contribution in [0.15, 0.2) is 41.4 Å². The number of anilines is 1. The van der Waals surface area contributed by atoms with Gasteiger partial charge in [0.1, 0.15) is 0 Å². The summed E-state index contributed by atoms with van der Waals surface area (Å²) in [6.07, 6.45) is 1.50. The van der Waals surface area contributed by atoms with Crippen molar-refractivity contribution in [2.75, 3.05) is 11.9 Å². The van der Waals surface area contributed by atoms with Crippen molar-refractivity contribution in [2.45, 2.75) is 0 Å². The van der Waals surface area contributed by atoms with Gasteiger partial charge in [0.05, 0.1) is 5.69 Å². The first kappa shape index (κ1) is 12.4. The average Bonchev–Trinajstić information content (AvgIpc) is 2.28. The lowest BCUT2D eigenvalue weighted by Gasteiger charge is -2.06. The molecule has 0 bridgehead atoms. The molecule has 84 valence electrons. The van der Waals surface area contributed by atoms with E-state index in [1.54, 1.807) is 18.2 Å². The van der Waals surface area contributed by atoms with E-state index in [0.29, 0.717) is 5.69 Å². The van der Waals surface area contributed by atoms with Gasteiger partial charge in [0.2, 0.25) is 0 Å². The van der Waals surface area contributed by atoms with Crippen molar-refractivity contribution in [1.82, 2.24) is 5.32 Å². The normalized spacial score (nSPS) is 9.31. The van der Waals surface area contributed by atoms with E-state index in [-0.39, 0.29) is 6.54 Å². The van der Waals surface area contributed by atoms with Crippen LogP contribution in [0.25, 0.3) is 0 Å². The van der Waals surface area contributed by atoms with Gasteiger partial charge in [0.25, 0.3) is 0 Å². The Balaban J connectivity index is 2.61. The fourth-order valence-corrected chi connectivity index (χ4v) is 1.37. The number of hydrogen-bond acceptors (Lipinski definition) is 2. The number of hydrogen-bond donors (Lipinski definition) is 2. The van der Waals surface area contributed by atoms with Crippen LogP contribution in [0.1, 0.15) is 0 Å². The number of amides is 2. The summed E-state index contributed by atoms with van der Waals surface area (Å²) in [6, 6.07) is 7.06. The molecule has 0 aromatic heterocycles. The van der Waals surface area contributed by atoms with Crippen molar-refractivity contribution in [3.63, 3.8) is 0 Å². The maximum absolute atomic E-state index is 11.4. The summed E-state index contributed by atoms with van der Waals surface area (Å²) < 4.78 is 0.722. The highest BCUT2D eigenvalue weighted by Crippen LogP contribution is 2.20. The molecule has 0 radical (unpaired) electrons. The highest BCUT2D eigenvalue weighted by molar-refractivity contribution is 9.10. The van der Waals surface area contributed by atoms with Gasteiger partial charge in [-0.15, -0.1) is 6.58 Å². The molecule has 4 nitrogen and oxygen atoms in total. The highest BCUT2D eigenvalue weighted by Gasteiger charge is 2.13. The van der Waals surface area contributed by atoms with E-state index in [4.69, 9.17) is 0 Å². The fourth-order valence-electron chi connectivity index (χ4n) is 0.987. The van der Waals surface area contributed by atoms with Gasteiger partial charge >= 0.3 is 11.8 Å². The van der Waals surface area contributed by atoms with Crippen molar-refractivity contribution >= 4 is 33.4 Å². The summed E-state index contributed by atoms with van der Waals surface area (Å²) in [5, 5.41) is 4.87. The molecule has 5 heteroatoms. The van der Waals surface area contributed by atoms with E-state index in [2.05, 4.69) is 33.1 Å². The van der Waals surface area contributed by atoms with Gasteiger partial charge in [0.15, 0.2) is 0 Å². The second-order valence-corrected chi connectivity index (χ2v) is 3.79. The Morgan fingerprint density at radius 1 is 1.31 bits per heavy atom. The fraction of sp³-hybridized carbons (Fsp3) is 0.0909. The summed E-state index contributed by atoms with van der Waals surface area (Å²) in [4.78, 5) is 22.6. The zero-order valence-corrected chi connectivity index (χ0v) is 10.1. The molecule has 1 aromatic rings. The molecule has 0 aliphatic rings. The van der Waals surface area contributed by atoms with Crippen LogP contribution in [0.4, 0.5) is 5.69 Å². The van der Waals surface area contributed by atoms with Crippen LogP contribution in [-0.4, -0.2) is 18.4 Å². The van der Waals surface area contributed by atoms with Gasteiger partial charge in [0, 0.05) is 11.0 Å². The monoisotopic (exact) mass is 282 g/mol. The smallest absolute Gasteiger partial charge is 0.313 e. The lowest BCUT2D eigenvalue weighted by Crippen LogP contribution is -2.35. The molecule has 0 fully saturated rings. The summed E-state index contributed by atoms with van der Waals surface area (Å²) in [6.45, 7) is 3.70. The number of carbonyl (C=O) groups excluding carboxylic acids is 2. The van der Waals surface area contributed by atoms with E-state index in [1.165, 1.54) is 6.08 Å². The molecule has 1 aromatic carbocycles. The van der Waals surface area contributed by atoms with E-state index in [1.807, 2.05) is 6.07 Å². The van der Waals surface area contributed by atoms with E-state index in [0.717, 1.165) is 4.47 Å². The zero-order chi connectivity index (χ0) is 12.0. The standard InChI is InChI=1S/C11H11BrN2O2/c1-2-7-13-10(15)11(16)14-9-6-4-3-5-8(9)12/h2-6H,1,7H2,(H,13,15)(H,14,16). The van der Waals surface area contributed by atoms with Crippen LogP contribution >= 0.6 is 15.9 Å². The number of rotatable bonds is 3. The summed E-state index contributed by atoms with van der Waals surface area (Å²) in [5.41, 5.74) is 0.557. The SMILES string of the molecule is C=CCNC(=O)C(=O)Nc1ccccc1Br. The molecule has 0 spiro atoms. The zero-order valence-electron chi connectivity index (χ0n) is 8.50. The molecule has 0 saturated heterocycles. The number of halogens is 1. The van der Waals surface area contributed by atoms with Crippen molar-refractivity contribution < 1.29 is 9.59 Å². The van der Waals surface area contributed by atoms with Crippen LogP contribution in [0.3, 0.4) is 0 Å². The lowest BCUT2D eigenvalue weighted by atomic mass is 10.3. The van der Waals surface area contributed by atoms with Crippen molar-refractivity contribution in [1.29, 1.82) is 0 Å². The molecule has 0 heterocycles. The van der Waals surface area contributed by atoms with E-state index in [9.17, 15) is 9.59 Å². The van der Waals surface area contributed by atoms with Gasteiger partial charge in [-0.05, 0) is 28.1 Å². The first-order valence-electron chi connectivity index (χ1n) is 4.59. The van der Waals surface area contributed by atoms with Crippen molar-refractivity contribution in [3.05, 3.63) is 41.4 Å². The summed E-state index contributed by atoms with van der Waals surface area (Å²) in [7, 11) is 0. The minimum Gasteiger partial charge on any atom is -0.344 e. The van der Waals surface area contributed by atoms with Gasteiger partial charge in [-0.3, -0.25) is 9.59 Å². The Labute approximate surface area is 102 Å². The topological polar surface area (TPSA) is 58.2 Å². The van der Waals surface area contributed by atoms with Crippen LogP contribution in [0.2, 0.25) is 0 Å². The Kier molecular flexibility index (Phi) is 4.72. The molecule has 0 unspecified atom stereocenters. The molecular formula is C11H11BrN2O2. The second kappa shape index (κ2) is 6.07. The van der Waals surface area contributed by atoms with Crippen LogP contribution in [0, 0.1) is 0 Å². The molecule has 0 atom stereocenters. The van der Waals surface area contributed by atoms with Crippen LogP contribution in [-0.2, 0) is 9.59 Å². The maximum Gasteiger partial charge on any atom is 0.313 e. The van der Waals surface area contributed by atoms with Gasteiger partial charge in [-0.2, -0.15) is 0 Å². The van der Waals surface area contributed by atoms with Crippen LogP contribution < -0.4 is 10.6 Å². The Hall–Kier alpha value is -1.62. The number of benzene rings is 1. The minimum atomic E-state index is -0.700. The lowest BCUT2D eigenvalue weighted by molar-refractivity contribution is -0.136. The molecule has 0 aliphatic heterocycles. The minimum absolute atomic E-state index is 0.266. The van der Waals surface area contributed by atoms with E-state index >= 15 is 0 Å². The van der Waals surface area contributed by atoms with Crippen LogP contribution in [0.5, 0.6) is 0 Å². The first-order chi connectivity index (χ1) is 7.65. The molecule has 16 heavy (non-hydrogen) atoms. The first-order valence-corrected chi connectivity index (χ1v) is 5.39. The summed E-state index contributed by atoms with van der Waals surface area (Å²) >= 11 is 3.26. The van der Waals surface area contributed by atoms with Crippen molar-refractivity contribution in [3.8, 4) is 0 Å². The molecular weight excluding hydrogens is 272 g/mol. The molecule has 0 aliphatic carbocycles. The predicted molar refractivity (Wildman–Crippen MR) is 66.0 cm³/mol. The molecule has 1 rings (SSSR count). The number of nitrogens with one attached hydrogen (secondary N) is 2. The number of carbonyl (C=O) groups is 2. The van der Waals surface area contributed by atoms with Crippen molar-refractivity contribution in [2.24, 2.45) is 0 Å². The quantitative estimate of drug-likeness (QED) is 0.655. The Morgan fingerprint density at radius 2 is 2.00 bits per heavy atom. The molecule has 2 amide bonds. The summed E-state index contributed by atoms with van der Waals surface area (Å²) in [5.74, 6) is -1.38. The second-order valence-electron chi connectivity index (χ2n) is 2.93. The third-order valence-electron chi connectivity index (χ3n) is 1.74. The number of para-hydroxylation sites is 1. The average molecular weight is 283 g/mol. The van der Waals surface area contributed by atoms with Gasteiger partial charge in [-0.25, -0.2) is 0 Å².